The highest BCUT2D eigenvalue weighted by atomic mass is 16.2. The van der Waals surface area contributed by atoms with E-state index in [1.807, 2.05) is 13.8 Å². The van der Waals surface area contributed by atoms with Gasteiger partial charge in [-0.2, -0.15) is 0 Å². The van der Waals surface area contributed by atoms with Crippen molar-refractivity contribution in [1.29, 1.82) is 0 Å². The molecule has 0 fully saturated rings. The number of hydrogen-bond acceptors (Lipinski definition) is 2. The maximum atomic E-state index is 11.7. The first-order chi connectivity index (χ1) is 9.22. The maximum absolute atomic E-state index is 11.7. The van der Waals surface area contributed by atoms with Crippen molar-refractivity contribution in [1.82, 2.24) is 16.0 Å². The van der Waals surface area contributed by atoms with Gasteiger partial charge in [0.2, 0.25) is 5.91 Å². The van der Waals surface area contributed by atoms with Crippen LogP contribution in [0.4, 0.5) is 0 Å². The van der Waals surface area contributed by atoms with Crippen LogP contribution in [0.15, 0.2) is 4.99 Å². The van der Waals surface area contributed by atoms with Crippen LogP contribution in [-0.2, 0) is 4.79 Å². The van der Waals surface area contributed by atoms with Crippen LogP contribution in [-0.4, -0.2) is 38.5 Å². The lowest BCUT2D eigenvalue weighted by Gasteiger charge is -2.25. The predicted octanol–water partition coefficient (Wildman–Crippen LogP) is 1.75. The number of rotatable bonds is 7. The molecule has 20 heavy (non-hydrogen) atoms. The van der Waals surface area contributed by atoms with E-state index >= 15 is 0 Å². The van der Waals surface area contributed by atoms with Gasteiger partial charge in [0.25, 0.3) is 0 Å². The van der Waals surface area contributed by atoms with Gasteiger partial charge in [0.1, 0.15) is 0 Å². The van der Waals surface area contributed by atoms with E-state index in [1.54, 1.807) is 14.1 Å². The van der Waals surface area contributed by atoms with E-state index in [1.165, 1.54) is 6.42 Å². The molecule has 0 bridgehead atoms. The van der Waals surface area contributed by atoms with Crippen LogP contribution < -0.4 is 16.0 Å². The van der Waals surface area contributed by atoms with Crippen molar-refractivity contribution >= 4 is 11.9 Å². The summed E-state index contributed by atoms with van der Waals surface area (Å²) in [6, 6.07) is 0.367. The minimum Gasteiger partial charge on any atom is -0.359 e. The molecule has 0 saturated carbocycles. The van der Waals surface area contributed by atoms with Crippen LogP contribution in [0.25, 0.3) is 0 Å². The van der Waals surface area contributed by atoms with Gasteiger partial charge < -0.3 is 16.0 Å². The second-order valence-corrected chi connectivity index (χ2v) is 6.41. The Kier molecular flexibility index (Phi) is 8.26. The molecule has 0 spiro atoms. The SMILES string of the molecule is CN=C(NCC(C)(C)C(=O)NC)NC(C)CCC(C)C. The Morgan fingerprint density at radius 2 is 1.80 bits per heavy atom. The molecule has 0 aliphatic rings. The molecular formula is C15H32N4O. The van der Waals surface area contributed by atoms with E-state index in [9.17, 15) is 4.79 Å². The van der Waals surface area contributed by atoms with Gasteiger partial charge in [-0.1, -0.05) is 13.8 Å². The van der Waals surface area contributed by atoms with Crippen LogP contribution >= 0.6 is 0 Å². The Morgan fingerprint density at radius 1 is 1.20 bits per heavy atom. The van der Waals surface area contributed by atoms with Crippen LogP contribution in [0.5, 0.6) is 0 Å². The first-order valence-corrected chi connectivity index (χ1v) is 7.42. The highest BCUT2D eigenvalue weighted by molar-refractivity contribution is 5.84. The number of nitrogens with one attached hydrogen (secondary N) is 3. The van der Waals surface area contributed by atoms with Crippen molar-refractivity contribution in [3.63, 3.8) is 0 Å². The van der Waals surface area contributed by atoms with E-state index < -0.39 is 5.41 Å². The van der Waals surface area contributed by atoms with Crippen molar-refractivity contribution in [3.05, 3.63) is 0 Å². The summed E-state index contributed by atoms with van der Waals surface area (Å²) in [4.78, 5) is 15.9. The molecule has 118 valence electrons. The van der Waals surface area contributed by atoms with Gasteiger partial charge in [0.15, 0.2) is 5.96 Å². The zero-order valence-electron chi connectivity index (χ0n) is 14.1. The van der Waals surface area contributed by atoms with Crippen molar-refractivity contribution in [2.45, 2.75) is 53.5 Å². The zero-order chi connectivity index (χ0) is 15.8. The molecule has 1 unspecified atom stereocenters. The molecule has 0 radical (unpaired) electrons. The van der Waals surface area contributed by atoms with Crippen molar-refractivity contribution in [2.75, 3.05) is 20.6 Å². The van der Waals surface area contributed by atoms with Crippen molar-refractivity contribution < 1.29 is 4.79 Å². The van der Waals surface area contributed by atoms with Gasteiger partial charge in [-0.3, -0.25) is 9.79 Å². The van der Waals surface area contributed by atoms with Crippen LogP contribution in [0.3, 0.4) is 0 Å². The van der Waals surface area contributed by atoms with E-state index in [0.29, 0.717) is 18.5 Å². The number of nitrogens with zero attached hydrogens (tertiary/aromatic N) is 1. The number of aliphatic imine (C=N–C) groups is 1. The third-order valence-corrected chi connectivity index (χ3v) is 3.32. The van der Waals surface area contributed by atoms with Crippen LogP contribution in [0.2, 0.25) is 0 Å². The quantitative estimate of drug-likeness (QED) is 0.493. The highest BCUT2D eigenvalue weighted by Crippen LogP contribution is 2.13. The van der Waals surface area contributed by atoms with Gasteiger partial charge >= 0.3 is 0 Å². The van der Waals surface area contributed by atoms with Crippen molar-refractivity contribution in [2.24, 2.45) is 16.3 Å². The van der Waals surface area contributed by atoms with E-state index in [2.05, 4.69) is 41.7 Å². The Labute approximate surface area is 124 Å². The number of carbonyl (C=O) groups is 1. The lowest BCUT2D eigenvalue weighted by molar-refractivity contribution is -0.128. The largest absolute Gasteiger partial charge is 0.359 e. The zero-order valence-corrected chi connectivity index (χ0v) is 14.1. The molecular weight excluding hydrogens is 252 g/mol. The molecule has 0 rings (SSSR count). The molecule has 0 aromatic rings. The normalized spacial score (nSPS) is 14.1. The molecule has 0 aromatic heterocycles. The van der Waals surface area contributed by atoms with E-state index in [-0.39, 0.29) is 5.91 Å². The predicted molar refractivity (Wildman–Crippen MR) is 85.9 cm³/mol. The molecule has 0 saturated heterocycles. The molecule has 5 heteroatoms. The first kappa shape index (κ1) is 18.7. The number of hydrogen-bond donors (Lipinski definition) is 3. The van der Waals surface area contributed by atoms with Gasteiger partial charge in [-0.15, -0.1) is 0 Å². The number of amides is 1. The second-order valence-electron chi connectivity index (χ2n) is 6.41. The lowest BCUT2D eigenvalue weighted by Crippen LogP contribution is -2.49. The monoisotopic (exact) mass is 284 g/mol. The summed E-state index contributed by atoms with van der Waals surface area (Å²) in [5.74, 6) is 1.48. The summed E-state index contributed by atoms with van der Waals surface area (Å²) in [5, 5.41) is 9.26. The van der Waals surface area contributed by atoms with Crippen LogP contribution in [0, 0.1) is 11.3 Å². The summed E-state index contributed by atoms with van der Waals surface area (Å²) >= 11 is 0. The summed E-state index contributed by atoms with van der Waals surface area (Å²) in [6.07, 6.45) is 2.30. The van der Waals surface area contributed by atoms with Crippen LogP contribution in [0.1, 0.15) is 47.5 Å². The average Bonchev–Trinajstić information content (AvgIpc) is 2.39. The molecule has 0 heterocycles. The third kappa shape index (κ3) is 7.36. The lowest BCUT2D eigenvalue weighted by atomic mass is 9.92. The standard InChI is InChI=1S/C15H32N4O/c1-11(2)8-9-12(3)19-14(17-7)18-10-15(4,5)13(20)16-6/h11-12H,8-10H2,1-7H3,(H,16,20)(H2,17,18,19). The topological polar surface area (TPSA) is 65.5 Å². The maximum Gasteiger partial charge on any atom is 0.227 e. The molecule has 1 amide bonds. The molecule has 0 aromatic carbocycles. The molecule has 0 aliphatic heterocycles. The number of guanidine groups is 1. The summed E-state index contributed by atoms with van der Waals surface area (Å²) < 4.78 is 0. The fraction of sp³-hybridized carbons (Fsp3) is 0.867. The van der Waals surface area contributed by atoms with E-state index in [4.69, 9.17) is 0 Å². The minimum absolute atomic E-state index is 0.0216. The van der Waals surface area contributed by atoms with Crippen molar-refractivity contribution in [3.8, 4) is 0 Å². The smallest absolute Gasteiger partial charge is 0.227 e. The second kappa shape index (κ2) is 8.82. The number of carbonyl (C=O) groups excluding carboxylic acids is 1. The average molecular weight is 284 g/mol. The fourth-order valence-corrected chi connectivity index (χ4v) is 1.81. The molecule has 5 nitrogen and oxygen atoms in total. The van der Waals surface area contributed by atoms with Gasteiger partial charge in [0, 0.05) is 26.7 Å². The third-order valence-electron chi connectivity index (χ3n) is 3.32. The highest BCUT2D eigenvalue weighted by Gasteiger charge is 2.26. The molecule has 1 atom stereocenters. The minimum atomic E-state index is -0.465. The summed E-state index contributed by atoms with van der Waals surface area (Å²) in [6.45, 7) is 11.0. The van der Waals surface area contributed by atoms with E-state index in [0.717, 1.165) is 12.4 Å². The summed E-state index contributed by atoms with van der Waals surface area (Å²) in [5.41, 5.74) is -0.465. The summed E-state index contributed by atoms with van der Waals surface area (Å²) in [7, 11) is 3.41. The first-order valence-electron chi connectivity index (χ1n) is 7.42. The van der Waals surface area contributed by atoms with Gasteiger partial charge in [-0.25, -0.2) is 0 Å². The Bertz CT molecular complexity index is 324. The molecule has 3 N–H and O–H groups in total. The van der Waals surface area contributed by atoms with Gasteiger partial charge in [-0.05, 0) is 39.5 Å². The fourth-order valence-electron chi connectivity index (χ4n) is 1.81. The Balaban J connectivity index is 4.27. The van der Waals surface area contributed by atoms with Gasteiger partial charge in [0.05, 0.1) is 5.41 Å². The molecule has 0 aliphatic carbocycles. The Hall–Kier alpha value is -1.26. The Morgan fingerprint density at radius 3 is 2.25 bits per heavy atom.